The molecule has 110 valence electrons. The Hall–Kier alpha value is -1.35. The molecule has 0 saturated carbocycles. The van der Waals surface area contributed by atoms with Crippen LogP contribution in [0.5, 0.6) is 5.75 Å². The Morgan fingerprint density at radius 2 is 2.10 bits per heavy atom. The van der Waals surface area contributed by atoms with Crippen LogP contribution in [0.1, 0.15) is 44.7 Å². The van der Waals surface area contributed by atoms with Gasteiger partial charge in [0.05, 0.1) is 6.61 Å². The van der Waals surface area contributed by atoms with Gasteiger partial charge < -0.3 is 10.1 Å². The van der Waals surface area contributed by atoms with Crippen molar-refractivity contribution in [2.45, 2.75) is 52.0 Å². The molecular formula is C17H25NO2. The van der Waals surface area contributed by atoms with Gasteiger partial charge in [0.2, 0.25) is 0 Å². The van der Waals surface area contributed by atoms with E-state index in [1.165, 1.54) is 11.1 Å². The van der Waals surface area contributed by atoms with Crippen LogP contribution in [-0.4, -0.2) is 24.5 Å². The molecule has 1 heterocycles. The summed E-state index contributed by atoms with van der Waals surface area (Å²) < 4.78 is 5.49. The lowest BCUT2D eigenvalue weighted by atomic mass is 10.0. The minimum absolute atomic E-state index is 0.0836. The van der Waals surface area contributed by atoms with E-state index in [1.54, 1.807) is 0 Å². The fraction of sp³-hybridized carbons (Fsp3) is 0.588. The predicted octanol–water partition coefficient (Wildman–Crippen LogP) is 2.90. The third-order valence-corrected chi connectivity index (χ3v) is 3.51. The molecule has 3 heteroatoms. The minimum Gasteiger partial charge on any atom is -0.493 e. The zero-order chi connectivity index (χ0) is 14.6. The number of aryl methyl sites for hydroxylation is 1. The van der Waals surface area contributed by atoms with Crippen LogP contribution >= 0.6 is 0 Å². The molecule has 0 aromatic heterocycles. The van der Waals surface area contributed by atoms with Crippen molar-refractivity contribution in [2.24, 2.45) is 0 Å². The van der Waals surface area contributed by atoms with Crippen LogP contribution in [0.3, 0.4) is 0 Å². The number of benzene rings is 1. The van der Waals surface area contributed by atoms with Crippen molar-refractivity contribution < 1.29 is 9.53 Å². The van der Waals surface area contributed by atoms with Crippen LogP contribution < -0.4 is 10.1 Å². The van der Waals surface area contributed by atoms with Gasteiger partial charge in [0.25, 0.3) is 0 Å². The van der Waals surface area contributed by atoms with Gasteiger partial charge in [-0.3, -0.25) is 4.79 Å². The van der Waals surface area contributed by atoms with Gasteiger partial charge in [-0.1, -0.05) is 12.1 Å². The van der Waals surface area contributed by atoms with Gasteiger partial charge in [-0.15, -0.1) is 0 Å². The molecule has 0 saturated heterocycles. The summed E-state index contributed by atoms with van der Waals surface area (Å²) in [5.74, 6) is 1.34. The summed E-state index contributed by atoms with van der Waals surface area (Å²) in [6.07, 6.45) is 3.07. The Bertz CT molecular complexity index is 474. The van der Waals surface area contributed by atoms with Crippen molar-refractivity contribution in [3.8, 4) is 5.75 Å². The maximum Gasteiger partial charge on any atom is 0.134 e. The van der Waals surface area contributed by atoms with Crippen molar-refractivity contribution in [1.82, 2.24) is 5.32 Å². The third-order valence-electron chi connectivity index (χ3n) is 3.51. The van der Waals surface area contributed by atoms with E-state index in [-0.39, 0.29) is 5.54 Å². The van der Waals surface area contributed by atoms with E-state index >= 15 is 0 Å². The van der Waals surface area contributed by atoms with Crippen molar-refractivity contribution in [3.05, 3.63) is 29.3 Å². The number of ether oxygens (including phenoxy) is 1. The SMILES string of the molecule is CC(C)(C)NCCC(=O)CCc1ccc2c(c1)CCO2. The van der Waals surface area contributed by atoms with Crippen LogP contribution in [0.15, 0.2) is 18.2 Å². The van der Waals surface area contributed by atoms with Crippen molar-refractivity contribution in [3.63, 3.8) is 0 Å². The fourth-order valence-corrected chi connectivity index (χ4v) is 2.38. The average Bonchev–Trinajstić information content (AvgIpc) is 2.82. The maximum atomic E-state index is 11.9. The van der Waals surface area contributed by atoms with E-state index in [4.69, 9.17) is 4.74 Å². The van der Waals surface area contributed by atoms with Crippen LogP contribution in [-0.2, 0) is 17.6 Å². The molecule has 1 aromatic rings. The summed E-state index contributed by atoms with van der Waals surface area (Å²) in [6, 6.07) is 6.29. The molecule has 20 heavy (non-hydrogen) atoms. The van der Waals surface area contributed by atoms with Crippen LogP contribution in [0.4, 0.5) is 0 Å². The molecule has 0 spiro atoms. The summed E-state index contributed by atoms with van der Waals surface area (Å²) in [7, 11) is 0. The Balaban J connectivity index is 1.73. The van der Waals surface area contributed by atoms with E-state index in [0.29, 0.717) is 18.6 Å². The average molecular weight is 275 g/mol. The minimum atomic E-state index is 0.0836. The third kappa shape index (κ3) is 4.64. The van der Waals surface area contributed by atoms with Gasteiger partial charge in [-0.25, -0.2) is 0 Å². The van der Waals surface area contributed by atoms with Gasteiger partial charge >= 0.3 is 0 Å². The highest BCUT2D eigenvalue weighted by molar-refractivity contribution is 5.78. The highest BCUT2D eigenvalue weighted by atomic mass is 16.5. The summed E-state index contributed by atoms with van der Waals surface area (Å²) in [6.45, 7) is 7.90. The maximum absolute atomic E-state index is 11.9. The number of fused-ring (bicyclic) bond motifs is 1. The van der Waals surface area contributed by atoms with Gasteiger partial charge in [-0.05, 0) is 44.4 Å². The Morgan fingerprint density at radius 1 is 1.30 bits per heavy atom. The summed E-state index contributed by atoms with van der Waals surface area (Å²) >= 11 is 0. The first-order chi connectivity index (χ1) is 9.44. The largest absolute Gasteiger partial charge is 0.493 e. The number of nitrogens with one attached hydrogen (secondary N) is 1. The second kappa shape index (κ2) is 6.40. The van der Waals surface area contributed by atoms with Crippen molar-refractivity contribution in [1.29, 1.82) is 0 Å². The smallest absolute Gasteiger partial charge is 0.134 e. The Kier molecular flexibility index (Phi) is 4.81. The summed E-state index contributed by atoms with van der Waals surface area (Å²) in [4.78, 5) is 11.9. The summed E-state index contributed by atoms with van der Waals surface area (Å²) in [5.41, 5.74) is 2.61. The highest BCUT2D eigenvalue weighted by Crippen LogP contribution is 2.26. The number of carbonyl (C=O) groups excluding carboxylic acids is 1. The van der Waals surface area contributed by atoms with Crippen LogP contribution in [0.25, 0.3) is 0 Å². The Morgan fingerprint density at radius 3 is 2.85 bits per heavy atom. The monoisotopic (exact) mass is 275 g/mol. The second-order valence-electron chi connectivity index (χ2n) is 6.51. The zero-order valence-corrected chi connectivity index (χ0v) is 12.8. The second-order valence-corrected chi connectivity index (χ2v) is 6.51. The molecule has 1 aliphatic heterocycles. The first-order valence-electron chi connectivity index (χ1n) is 7.45. The lowest BCUT2D eigenvalue weighted by Crippen LogP contribution is -2.37. The van der Waals surface area contributed by atoms with Gasteiger partial charge in [-0.2, -0.15) is 0 Å². The topological polar surface area (TPSA) is 38.3 Å². The van der Waals surface area contributed by atoms with Gasteiger partial charge in [0.1, 0.15) is 11.5 Å². The molecule has 3 nitrogen and oxygen atoms in total. The molecule has 0 fully saturated rings. The molecule has 0 aliphatic carbocycles. The molecule has 0 unspecified atom stereocenters. The van der Waals surface area contributed by atoms with Gasteiger partial charge in [0.15, 0.2) is 0 Å². The van der Waals surface area contributed by atoms with E-state index in [0.717, 1.165) is 31.7 Å². The van der Waals surface area contributed by atoms with Crippen LogP contribution in [0.2, 0.25) is 0 Å². The molecule has 0 atom stereocenters. The lowest BCUT2D eigenvalue weighted by molar-refractivity contribution is -0.119. The van der Waals surface area contributed by atoms with E-state index < -0.39 is 0 Å². The molecule has 2 rings (SSSR count). The molecule has 0 radical (unpaired) electrons. The Labute approximate surface area is 121 Å². The van der Waals surface area contributed by atoms with Crippen LogP contribution in [0, 0.1) is 0 Å². The highest BCUT2D eigenvalue weighted by Gasteiger charge is 2.13. The summed E-state index contributed by atoms with van der Waals surface area (Å²) in [5, 5.41) is 3.35. The van der Waals surface area contributed by atoms with Crippen molar-refractivity contribution >= 4 is 5.78 Å². The molecule has 1 aliphatic rings. The first kappa shape index (κ1) is 15.0. The molecule has 0 amide bonds. The molecule has 0 bridgehead atoms. The van der Waals surface area contributed by atoms with Gasteiger partial charge in [0, 0.05) is 31.3 Å². The number of carbonyl (C=O) groups is 1. The molecular weight excluding hydrogens is 250 g/mol. The first-order valence-corrected chi connectivity index (χ1v) is 7.45. The van der Waals surface area contributed by atoms with E-state index in [1.807, 2.05) is 6.07 Å². The fourth-order valence-electron chi connectivity index (χ4n) is 2.38. The standard InChI is InChI=1S/C17H25NO2/c1-17(2,3)18-10-8-15(19)6-4-13-5-7-16-14(12-13)9-11-20-16/h5,7,12,18H,4,6,8-11H2,1-3H3. The normalized spacial score (nSPS) is 13.9. The number of hydrogen-bond acceptors (Lipinski definition) is 3. The lowest BCUT2D eigenvalue weighted by Gasteiger charge is -2.20. The quantitative estimate of drug-likeness (QED) is 0.867. The predicted molar refractivity (Wildman–Crippen MR) is 81.3 cm³/mol. The number of hydrogen-bond donors (Lipinski definition) is 1. The van der Waals surface area contributed by atoms with E-state index in [9.17, 15) is 4.79 Å². The number of rotatable bonds is 6. The number of Topliss-reactive ketones (excluding diaryl/α,β-unsaturated/α-hetero) is 1. The zero-order valence-electron chi connectivity index (χ0n) is 12.8. The van der Waals surface area contributed by atoms with E-state index in [2.05, 4.69) is 38.2 Å². The molecule has 1 N–H and O–H groups in total. The number of ketones is 1. The molecule has 1 aromatic carbocycles. The van der Waals surface area contributed by atoms with Crippen molar-refractivity contribution in [2.75, 3.05) is 13.2 Å².